The van der Waals surface area contributed by atoms with Crippen molar-refractivity contribution in [3.05, 3.63) is 29.8 Å². The molecule has 0 saturated heterocycles. The average Bonchev–Trinajstić information content (AvgIpc) is 2.60. The molecule has 6 heteroatoms. The van der Waals surface area contributed by atoms with Crippen molar-refractivity contribution in [2.45, 2.75) is 64.0 Å². The van der Waals surface area contributed by atoms with E-state index in [1.165, 1.54) is 5.56 Å². The summed E-state index contributed by atoms with van der Waals surface area (Å²) in [6.45, 7) is 6.47. The summed E-state index contributed by atoms with van der Waals surface area (Å²) < 4.78 is 23.5. The first-order valence-electron chi connectivity index (χ1n) is 9.99. The summed E-state index contributed by atoms with van der Waals surface area (Å²) >= 11 is 0. The van der Waals surface area contributed by atoms with Gasteiger partial charge in [-0.1, -0.05) is 31.4 Å². The van der Waals surface area contributed by atoms with E-state index in [0.29, 0.717) is 13.1 Å². The molecule has 0 bridgehead atoms. The first-order chi connectivity index (χ1) is 12.7. The zero-order valence-corrected chi connectivity index (χ0v) is 18.0. The second-order valence-corrected chi connectivity index (χ2v) is 10.9. The first-order valence-corrected chi connectivity index (χ1v) is 11.6. The number of aliphatic hydroxyl groups excluding tert-OH is 2. The molecule has 2 N–H and O–H groups in total. The SMILES string of the molecule is CC(C)(C)S(=O)(=O)CCCCCCCc1ccc(N(CCO)CCO)cc1. The molecule has 0 aliphatic heterocycles. The highest BCUT2D eigenvalue weighted by atomic mass is 32.2. The molecule has 0 radical (unpaired) electrons. The summed E-state index contributed by atoms with van der Waals surface area (Å²) in [6, 6.07) is 8.29. The zero-order valence-electron chi connectivity index (χ0n) is 17.2. The third-order valence-electron chi connectivity index (χ3n) is 4.85. The molecule has 0 aromatic heterocycles. The molecule has 0 aliphatic rings. The summed E-state index contributed by atoms with van der Waals surface area (Å²) in [4.78, 5) is 1.97. The normalized spacial score (nSPS) is 12.3. The van der Waals surface area contributed by atoms with Crippen molar-refractivity contribution in [1.82, 2.24) is 0 Å². The summed E-state index contributed by atoms with van der Waals surface area (Å²) in [7, 11) is -2.99. The maximum absolute atomic E-state index is 12.1. The Balaban J connectivity index is 2.27. The number of sulfone groups is 1. The van der Waals surface area contributed by atoms with Crippen molar-refractivity contribution in [3.63, 3.8) is 0 Å². The van der Waals surface area contributed by atoms with Crippen LogP contribution in [0.3, 0.4) is 0 Å². The van der Waals surface area contributed by atoms with Crippen molar-refractivity contribution in [2.24, 2.45) is 0 Å². The molecule has 0 spiro atoms. The lowest BCUT2D eigenvalue weighted by Crippen LogP contribution is -2.30. The second kappa shape index (κ2) is 11.7. The first kappa shape index (κ1) is 23.9. The van der Waals surface area contributed by atoms with Crippen LogP contribution in [-0.2, 0) is 16.3 Å². The van der Waals surface area contributed by atoms with E-state index in [9.17, 15) is 8.42 Å². The van der Waals surface area contributed by atoms with Crippen LogP contribution in [0.1, 0.15) is 58.4 Å². The van der Waals surface area contributed by atoms with Crippen LogP contribution in [0.2, 0.25) is 0 Å². The van der Waals surface area contributed by atoms with Gasteiger partial charge in [0, 0.05) is 18.8 Å². The Hall–Kier alpha value is -1.11. The van der Waals surface area contributed by atoms with Gasteiger partial charge in [-0.15, -0.1) is 0 Å². The highest BCUT2D eigenvalue weighted by Crippen LogP contribution is 2.19. The number of aryl methyl sites for hydroxylation is 1. The van der Waals surface area contributed by atoms with Crippen LogP contribution in [0.15, 0.2) is 24.3 Å². The maximum Gasteiger partial charge on any atom is 0.155 e. The van der Waals surface area contributed by atoms with Gasteiger partial charge in [0.1, 0.15) is 0 Å². The van der Waals surface area contributed by atoms with Gasteiger partial charge in [0.15, 0.2) is 9.84 Å². The summed E-state index contributed by atoms with van der Waals surface area (Å²) in [5.41, 5.74) is 2.30. The number of rotatable bonds is 13. The molecule has 5 nitrogen and oxygen atoms in total. The summed E-state index contributed by atoms with van der Waals surface area (Å²) in [6.07, 6.45) is 6.01. The van der Waals surface area contributed by atoms with Gasteiger partial charge in [0.05, 0.1) is 23.7 Å². The van der Waals surface area contributed by atoms with E-state index >= 15 is 0 Å². The van der Waals surface area contributed by atoms with Crippen molar-refractivity contribution in [1.29, 1.82) is 0 Å². The van der Waals surface area contributed by atoms with Gasteiger partial charge in [-0.2, -0.15) is 0 Å². The Kier molecular flexibility index (Phi) is 10.3. The standard InChI is InChI=1S/C21H37NO4S/c1-21(2,3)27(25,26)18-8-6-4-5-7-9-19-10-12-20(13-11-19)22(14-16-23)15-17-24/h10-13,23-24H,4-9,14-18H2,1-3H3. The molecule has 156 valence electrons. The molecule has 0 saturated carbocycles. The predicted octanol–water partition coefficient (Wildman–Crippen LogP) is 3.18. The lowest BCUT2D eigenvalue weighted by Gasteiger charge is -2.23. The molecule has 0 amide bonds. The Morgan fingerprint density at radius 3 is 1.89 bits per heavy atom. The van der Waals surface area contributed by atoms with Crippen LogP contribution in [0.25, 0.3) is 0 Å². The van der Waals surface area contributed by atoms with Gasteiger partial charge in [0.25, 0.3) is 0 Å². The maximum atomic E-state index is 12.1. The highest BCUT2D eigenvalue weighted by Gasteiger charge is 2.27. The van der Waals surface area contributed by atoms with Crippen LogP contribution < -0.4 is 4.90 Å². The molecule has 0 fully saturated rings. The van der Waals surface area contributed by atoms with Gasteiger partial charge < -0.3 is 15.1 Å². The Bertz CT molecular complexity index is 615. The van der Waals surface area contributed by atoms with E-state index in [2.05, 4.69) is 12.1 Å². The molecular formula is C21H37NO4S. The fourth-order valence-corrected chi connectivity index (χ4v) is 4.14. The minimum atomic E-state index is -2.99. The van der Waals surface area contributed by atoms with Gasteiger partial charge in [-0.25, -0.2) is 8.42 Å². The van der Waals surface area contributed by atoms with E-state index in [1.807, 2.05) is 17.0 Å². The van der Waals surface area contributed by atoms with Crippen LogP contribution in [0.5, 0.6) is 0 Å². The number of benzene rings is 1. The molecule has 0 unspecified atom stereocenters. The van der Waals surface area contributed by atoms with Gasteiger partial charge in [-0.05, 0) is 57.7 Å². The fourth-order valence-electron chi connectivity index (χ4n) is 2.94. The molecule has 1 aromatic carbocycles. The minimum absolute atomic E-state index is 0.0683. The fraction of sp³-hybridized carbons (Fsp3) is 0.714. The molecule has 1 aromatic rings. The molecular weight excluding hydrogens is 362 g/mol. The third kappa shape index (κ3) is 8.62. The molecule has 0 atom stereocenters. The lowest BCUT2D eigenvalue weighted by molar-refractivity contribution is 0.281. The molecule has 0 aliphatic carbocycles. The van der Waals surface area contributed by atoms with Crippen LogP contribution >= 0.6 is 0 Å². The topological polar surface area (TPSA) is 77.8 Å². The third-order valence-corrected chi connectivity index (χ3v) is 7.55. The van der Waals surface area contributed by atoms with Crippen LogP contribution in [0.4, 0.5) is 5.69 Å². The number of nitrogens with zero attached hydrogens (tertiary/aromatic N) is 1. The monoisotopic (exact) mass is 399 g/mol. The quantitative estimate of drug-likeness (QED) is 0.498. The number of aliphatic hydroxyl groups is 2. The van der Waals surface area contributed by atoms with E-state index in [4.69, 9.17) is 10.2 Å². The smallest absolute Gasteiger partial charge is 0.155 e. The van der Waals surface area contributed by atoms with Gasteiger partial charge in [0.2, 0.25) is 0 Å². The number of anilines is 1. The second-order valence-electron chi connectivity index (χ2n) is 8.05. The highest BCUT2D eigenvalue weighted by molar-refractivity contribution is 7.92. The minimum Gasteiger partial charge on any atom is -0.395 e. The van der Waals surface area contributed by atoms with E-state index < -0.39 is 14.6 Å². The van der Waals surface area contributed by atoms with E-state index in [1.54, 1.807) is 20.8 Å². The van der Waals surface area contributed by atoms with Crippen molar-refractivity contribution in [3.8, 4) is 0 Å². The van der Waals surface area contributed by atoms with E-state index in [-0.39, 0.29) is 19.0 Å². The predicted molar refractivity (Wildman–Crippen MR) is 113 cm³/mol. The van der Waals surface area contributed by atoms with Crippen LogP contribution in [-0.4, -0.2) is 55.4 Å². The van der Waals surface area contributed by atoms with Crippen molar-refractivity contribution >= 4 is 15.5 Å². The zero-order chi connectivity index (χ0) is 20.3. The summed E-state index contributed by atoms with van der Waals surface area (Å²) in [5, 5.41) is 18.2. The van der Waals surface area contributed by atoms with Gasteiger partial charge >= 0.3 is 0 Å². The molecule has 0 heterocycles. The van der Waals surface area contributed by atoms with Crippen molar-refractivity contribution in [2.75, 3.05) is 37.0 Å². The van der Waals surface area contributed by atoms with Gasteiger partial charge in [-0.3, -0.25) is 0 Å². The van der Waals surface area contributed by atoms with Crippen molar-refractivity contribution < 1.29 is 18.6 Å². The molecule has 27 heavy (non-hydrogen) atoms. The Labute approximate surface area is 165 Å². The lowest BCUT2D eigenvalue weighted by atomic mass is 10.1. The molecule has 1 rings (SSSR count). The number of hydrogen-bond acceptors (Lipinski definition) is 5. The Morgan fingerprint density at radius 2 is 1.37 bits per heavy atom. The summed E-state index contributed by atoms with van der Waals surface area (Å²) in [5.74, 6) is 0.288. The van der Waals surface area contributed by atoms with Crippen LogP contribution in [0, 0.1) is 0 Å². The number of unbranched alkanes of at least 4 members (excludes halogenated alkanes) is 4. The largest absolute Gasteiger partial charge is 0.395 e. The van der Waals surface area contributed by atoms with E-state index in [0.717, 1.165) is 44.2 Å². The Morgan fingerprint density at radius 1 is 0.852 bits per heavy atom. The average molecular weight is 400 g/mol. The number of hydrogen-bond donors (Lipinski definition) is 2.